The normalized spacial score (nSPS) is 10.3. The van der Waals surface area contributed by atoms with E-state index in [2.05, 4.69) is 5.32 Å². The van der Waals surface area contributed by atoms with Crippen LogP contribution >= 0.6 is 11.6 Å². The number of ether oxygens (including phenoxy) is 3. The minimum Gasteiger partial charge on any atom is -0.490 e. The van der Waals surface area contributed by atoms with E-state index in [-0.39, 0.29) is 24.5 Å². The molecule has 8 nitrogen and oxygen atoms in total. The first kappa shape index (κ1) is 20.5. The quantitative estimate of drug-likeness (QED) is 0.284. The van der Waals surface area contributed by atoms with E-state index in [0.29, 0.717) is 29.6 Å². The van der Waals surface area contributed by atoms with Gasteiger partial charge in [0.15, 0.2) is 0 Å². The third-order valence-electron chi connectivity index (χ3n) is 3.45. The summed E-state index contributed by atoms with van der Waals surface area (Å²) in [4.78, 5) is 22.7. The Morgan fingerprint density at radius 2 is 1.89 bits per heavy atom. The summed E-state index contributed by atoms with van der Waals surface area (Å²) in [5.74, 6) is -0.0916. The zero-order chi connectivity index (χ0) is 19.6. The molecule has 144 valence electrons. The first-order chi connectivity index (χ1) is 13.0. The molecule has 0 heterocycles. The predicted molar refractivity (Wildman–Crippen MR) is 101 cm³/mol. The number of non-ortho nitro benzene ring substituents is 1. The monoisotopic (exact) mass is 394 g/mol. The predicted octanol–water partition coefficient (Wildman–Crippen LogP) is 3.54. The van der Waals surface area contributed by atoms with E-state index < -0.39 is 10.9 Å². The summed E-state index contributed by atoms with van der Waals surface area (Å²) in [6.45, 7) is 0.977. The number of hydrogen-bond donors (Lipinski definition) is 1. The molecule has 0 atom stereocenters. The SMILES string of the molecule is COCCNc1ccc([N+](=O)[O-])cc1C(=O)OCCOc1ccc(Cl)cc1. The van der Waals surface area contributed by atoms with Crippen LogP contribution in [0.5, 0.6) is 5.75 Å². The van der Waals surface area contributed by atoms with Gasteiger partial charge < -0.3 is 19.5 Å². The average Bonchev–Trinajstić information content (AvgIpc) is 2.66. The number of benzene rings is 2. The van der Waals surface area contributed by atoms with Crippen LogP contribution < -0.4 is 10.1 Å². The summed E-state index contributed by atoms with van der Waals surface area (Å²) in [6, 6.07) is 10.7. The van der Waals surface area contributed by atoms with Gasteiger partial charge in [-0.05, 0) is 30.3 Å². The van der Waals surface area contributed by atoms with Gasteiger partial charge in [0, 0.05) is 36.5 Å². The summed E-state index contributed by atoms with van der Waals surface area (Å²) in [6.07, 6.45) is 0. The number of nitrogens with zero attached hydrogens (tertiary/aromatic N) is 1. The van der Waals surface area contributed by atoms with E-state index in [1.54, 1.807) is 31.4 Å². The van der Waals surface area contributed by atoms with Gasteiger partial charge >= 0.3 is 5.97 Å². The minimum atomic E-state index is -0.682. The lowest BCUT2D eigenvalue weighted by molar-refractivity contribution is -0.384. The molecule has 0 unspecified atom stereocenters. The molecule has 1 N–H and O–H groups in total. The van der Waals surface area contributed by atoms with Crippen LogP contribution in [0.1, 0.15) is 10.4 Å². The van der Waals surface area contributed by atoms with Crippen molar-refractivity contribution in [3.63, 3.8) is 0 Å². The van der Waals surface area contributed by atoms with E-state index in [1.807, 2.05) is 0 Å². The van der Waals surface area contributed by atoms with Gasteiger partial charge in [0.2, 0.25) is 0 Å². The summed E-state index contributed by atoms with van der Waals surface area (Å²) in [5, 5.41) is 14.6. The zero-order valence-corrected chi connectivity index (χ0v) is 15.4. The number of esters is 1. The molecule has 0 radical (unpaired) electrons. The summed E-state index contributed by atoms with van der Waals surface area (Å²) < 4.78 is 15.6. The molecule has 0 aromatic heterocycles. The number of carbonyl (C=O) groups excluding carboxylic acids is 1. The third-order valence-corrected chi connectivity index (χ3v) is 3.71. The maximum Gasteiger partial charge on any atom is 0.340 e. The van der Waals surface area contributed by atoms with Crippen molar-refractivity contribution in [2.45, 2.75) is 0 Å². The fraction of sp³-hybridized carbons (Fsp3) is 0.278. The number of rotatable bonds is 10. The van der Waals surface area contributed by atoms with Gasteiger partial charge in [-0.2, -0.15) is 0 Å². The fourth-order valence-corrected chi connectivity index (χ4v) is 2.29. The van der Waals surface area contributed by atoms with Crippen LogP contribution in [0.25, 0.3) is 0 Å². The van der Waals surface area contributed by atoms with Crippen molar-refractivity contribution in [3.05, 3.63) is 63.2 Å². The molecule has 0 aliphatic carbocycles. The fourth-order valence-electron chi connectivity index (χ4n) is 2.16. The molecule has 2 rings (SSSR count). The molecular weight excluding hydrogens is 376 g/mol. The maximum absolute atomic E-state index is 12.3. The molecule has 0 amide bonds. The summed E-state index contributed by atoms with van der Waals surface area (Å²) in [7, 11) is 1.55. The van der Waals surface area contributed by atoms with E-state index in [9.17, 15) is 14.9 Å². The molecule has 0 aliphatic heterocycles. The number of nitrogens with one attached hydrogen (secondary N) is 1. The molecule has 27 heavy (non-hydrogen) atoms. The number of hydrogen-bond acceptors (Lipinski definition) is 7. The van der Waals surface area contributed by atoms with Crippen LogP contribution in [0, 0.1) is 10.1 Å². The van der Waals surface area contributed by atoms with Gasteiger partial charge in [0.25, 0.3) is 5.69 Å². The van der Waals surface area contributed by atoms with E-state index in [0.717, 1.165) is 0 Å². The lowest BCUT2D eigenvalue weighted by atomic mass is 10.1. The number of anilines is 1. The third kappa shape index (κ3) is 6.43. The number of methoxy groups -OCH3 is 1. The zero-order valence-electron chi connectivity index (χ0n) is 14.6. The molecule has 0 spiro atoms. The molecule has 2 aromatic carbocycles. The van der Waals surface area contributed by atoms with E-state index in [4.69, 9.17) is 25.8 Å². The van der Waals surface area contributed by atoms with Gasteiger partial charge in [0.1, 0.15) is 19.0 Å². The molecule has 0 fully saturated rings. The highest BCUT2D eigenvalue weighted by atomic mass is 35.5. The van der Waals surface area contributed by atoms with Crippen molar-refractivity contribution < 1.29 is 23.9 Å². The second kappa shape index (κ2) is 10.3. The topological polar surface area (TPSA) is 99.9 Å². The van der Waals surface area contributed by atoms with Crippen LogP contribution in [-0.4, -0.2) is 44.4 Å². The Labute approximate surface area is 161 Å². The van der Waals surface area contributed by atoms with E-state index >= 15 is 0 Å². The molecule has 0 saturated heterocycles. The average molecular weight is 395 g/mol. The van der Waals surface area contributed by atoms with Crippen LogP contribution in [0.3, 0.4) is 0 Å². The van der Waals surface area contributed by atoms with Gasteiger partial charge in [-0.15, -0.1) is 0 Å². The number of nitro groups is 1. The van der Waals surface area contributed by atoms with Crippen molar-refractivity contribution in [1.82, 2.24) is 0 Å². The van der Waals surface area contributed by atoms with E-state index in [1.165, 1.54) is 18.2 Å². The van der Waals surface area contributed by atoms with Crippen LogP contribution in [-0.2, 0) is 9.47 Å². The maximum atomic E-state index is 12.3. The van der Waals surface area contributed by atoms with Gasteiger partial charge in [-0.1, -0.05) is 11.6 Å². The highest BCUT2D eigenvalue weighted by Gasteiger charge is 2.18. The van der Waals surface area contributed by atoms with Gasteiger partial charge in [-0.25, -0.2) is 4.79 Å². The Morgan fingerprint density at radius 1 is 1.15 bits per heavy atom. The van der Waals surface area contributed by atoms with Crippen molar-refractivity contribution in [1.29, 1.82) is 0 Å². The lowest BCUT2D eigenvalue weighted by Crippen LogP contribution is -2.16. The second-order valence-electron chi connectivity index (χ2n) is 5.34. The number of halogens is 1. The van der Waals surface area contributed by atoms with Crippen molar-refractivity contribution in [2.75, 3.05) is 38.8 Å². The Kier molecular flexibility index (Phi) is 7.84. The largest absolute Gasteiger partial charge is 0.490 e. The Morgan fingerprint density at radius 3 is 2.56 bits per heavy atom. The molecule has 0 aliphatic rings. The van der Waals surface area contributed by atoms with Gasteiger partial charge in [0.05, 0.1) is 17.1 Å². The van der Waals surface area contributed by atoms with Crippen LogP contribution in [0.4, 0.5) is 11.4 Å². The molecule has 2 aromatic rings. The molecule has 9 heteroatoms. The smallest absolute Gasteiger partial charge is 0.340 e. The molecule has 0 bridgehead atoms. The first-order valence-corrected chi connectivity index (χ1v) is 8.46. The highest BCUT2D eigenvalue weighted by molar-refractivity contribution is 6.30. The van der Waals surface area contributed by atoms with Gasteiger partial charge in [-0.3, -0.25) is 10.1 Å². The Bertz CT molecular complexity index is 782. The standard InChI is InChI=1S/C18H19ClN2O6/c1-25-9-8-20-17-7-4-14(21(23)24)12-16(17)18(22)27-11-10-26-15-5-2-13(19)3-6-15/h2-7,12,20H,8-11H2,1H3. The Balaban J connectivity index is 1.96. The number of nitro benzene ring substituents is 1. The molecular formula is C18H19ClN2O6. The lowest BCUT2D eigenvalue weighted by Gasteiger charge is -2.12. The number of carbonyl (C=O) groups is 1. The van der Waals surface area contributed by atoms with Crippen molar-refractivity contribution in [2.24, 2.45) is 0 Å². The summed E-state index contributed by atoms with van der Waals surface area (Å²) >= 11 is 5.79. The highest BCUT2D eigenvalue weighted by Crippen LogP contribution is 2.23. The van der Waals surface area contributed by atoms with Crippen molar-refractivity contribution in [3.8, 4) is 5.75 Å². The minimum absolute atomic E-state index is 0.0122. The second-order valence-corrected chi connectivity index (χ2v) is 5.78. The first-order valence-electron chi connectivity index (χ1n) is 8.08. The van der Waals surface area contributed by atoms with Crippen LogP contribution in [0.15, 0.2) is 42.5 Å². The summed E-state index contributed by atoms with van der Waals surface area (Å²) in [5.41, 5.74) is 0.310. The van der Waals surface area contributed by atoms with Crippen molar-refractivity contribution >= 4 is 28.9 Å². The van der Waals surface area contributed by atoms with Crippen LogP contribution in [0.2, 0.25) is 5.02 Å². The Hall–Kier alpha value is -2.84. The molecule has 0 saturated carbocycles.